The number of nitrogens with zero attached hydrogens (tertiary/aromatic N) is 3. The van der Waals surface area contributed by atoms with Gasteiger partial charge in [0.05, 0.1) is 25.8 Å². The van der Waals surface area contributed by atoms with E-state index in [4.69, 9.17) is 9.47 Å². The summed E-state index contributed by atoms with van der Waals surface area (Å²) in [5, 5.41) is 0. The first-order valence-electron chi connectivity index (χ1n) is 7.95. The highest BCUT2D eigenvalue weighted by Crippen LogP contribution is 2.25. The molecule has 0 spiro atoms. The zero-order chi connectivity index (χ0) is 17.3. The first-order chi connectivity index (χ1) is 11.6. The molecule has 2 aromatic heterocycles. The van der Waals surface area contributed by atoms with Crippen molar-refractivity contribution in [1.82, 2.24) is 14.3 Å². The lowest BCUT2D eigenvalue weighted by molar-refractivity contribution is -0.146. The predicted molar refractivity (Wildman–Crippen MR) is 87.1 cm³/mol. The van der Waals surface area contributed by atoms with Gasteiger partial charge in [0.1, 0.15) is 5.69 Å². The first-order valence-corrected chi connectivity index (χ1v) is 7.95. The third-order valence-corrected chi connectivity index (χ3v) is 4.53. The Labute approximate surface area is 140 Å². The van der Waals surface area contributed by atoms with Crippen LogP contribution in [0.1, 0.15) is 29.0 Å². The molecule has 0 bridgehead atoms. The number of aromatic nitrogens is 2. The van der Waals surface area contributed by atoms with E-state index in [1.165, 1.54) is 7.11 Å². The number of piperidine rings is 1. The van der Waals surface area contributed by atoms with Gasteiger partial charge in [-0.2, -0.15) is 0 Å². The van der Waals surface area contributed by atoms with Crippen LogP contribution in [0.4, 0.5) is 0 Å². The van der Waals surface area contributed by atoms with Gasteiger partial charge >= 0.3 is 5.97 Å². The maximum absolute atomic E-state index is 12.9. The Morgan fingerprint density at radius 2 is 1.96 bits per heavy atom. The first kappa shape index (κ1) is 16.3. The Morgan fingerprint density at radius 3 is 2.58 bits per heavy atom. The molecule has 2 aromatic rings. The summed E-state index contributed by atoms with van der Waals surface area (Å²) in [6, 6.07) is 3.64. The number of imidazole rings is 1. The van der Waals surface area contributed by atoms with E-state index in [2.05, 4.69) is 4.98 Å². The molecule has 128 valence electrons. The molecule has 1 fully saturated rings. The molecule has 0 unspecified atom stereocenters. The highest BCUT2D eigenvalue weighted by atomic mass is 16.5. The standard InChI is InChI=1S/C17H21N3O4/c1-11-14(20-8-4-5-13(23-2)15(20)18-11)16(21)19-9-6-12(7-10-19)17(22)24-3/h4-5,8,12H,6-7,9-10H2,1-3H3. The second-order valence-electron chi connectivity index (χ2n) is 5.91. The van der Waals surface area contributed by atoms with Gasteiger partial charge in [-0.3, -0.25) is 14.0 Å². The number of hydrogen-bond donors (Lipinski definition) is 0. The van der Waals surface area contributed by atoms with Gasteiger partial charge in [0.25, 0.3) is 5.91 Å². The largest absolute Gasteiger partial charge is 0.493 e. The van der Waals surface area contributed by atoms with Crippen LogP contribution in [0.2, 0.25) is 0 Å². The van der Waals surface area contributed by atoms with Gasteiger partial charge in [0.2, 0.25) is 0 Å². The van der Waals surface area contributed by atoms with Crippen molar-refractivity contribution in [3.8, 4) is 5.75 Å². The minimum absolute atomic E-state index is 0.0726. The third kappa shape index (κ3) is 2.70. The Balaban J connectivity index is 1.85. The van der Waals surface area contributed by atoms with Crippen LogP contribution in [-0.2, 0) is 9.53 Å². The Kier molecular flexibility index (Phi) is 4.42. The van der Waals surface area contributed by atoms with Gasteiger partial charge in [-0.1, -0.05) is 0 Å². The van der Waals surface area contributed by atoms with Crippen molar-refractivity contribution in [3.05, 3.63) is 29.7 Å². The van der Waals surface area contributed by atoms with Crippen molar-refractivity contribution in [3.63, 3.8) is 0 Å². The molecule has 1 amide bonds. The molecule has 3 heterocycles. The number of carbonyl (C=O) groups is 2. The van der Waals surface area contributed by atoms with E-state index in [-0.39, 0.29) is 17.8 Å². The zero-order valence-corrected chi connectivity index (χ0v) is 14.1. The monoisotopic (exact) mass is 331 g/mol. The molecule has 7 heteroatoms. The molecule has 0 radical (unpaired) electrons. The second kappa shape index (κ2) is 6.51. The van der Waals surface area contributed by atoms with Gasteiger partial charge in [-0.15, -0.1) is 0 Å². The number of likely N-dealkylation sites (tertiary alicyclic amines) is 1. The lowest BCUT2D eigenvalue weighted by Gasteiger charge is -2.30. The van der Waals surface area contributed by atoms with E-state index in [0.717, 1.165) is 0 Å². The topological polar surface area (TPSA) is 73.1 Å². The van der Waals surface area contributed by atoms with Gasteiger partial charge in [-0.25, -0.2) is 4.98 Å². The van der Waals surface area contributed by atoms with E-state index in [1.807, 2.05) is 25.3 Å². The molecule has 0 saturated carbocycles. The molecule has 7 nitrogen and oxygen atoms in total. The maximum atomic E-state index is 12.9. The molecule has 24 heavy (non-hydrogen) atoms. The van der Waals surface area contributed by atoms with Gasteiger partial charge in [0.15, 0.2) is 11.4 Å². The maximum Gasteiger partial charge on any atom is 0.308 e. The number of rotatable bonds is 3. The summed E-state index contributed by atoms with van der Waals surface area (Å²) < 4.78 is 11.9. The van der Waals surface area contributed by atoms with Crippen LogP contribution in [0.25, 0.3) is 5.65 Å². The molecule has 0 N–H and O–H groups in total. The van der Waals surface area contributed by atoms with Gasteiger partial charge in [0, 0.05) is 19.3 Å². The summed E-state index contributed by atoms with van der Waals surface area (Å²) in [6.45, 7) is 2.89. The quantitative estimate of drug-likeness (QED) is 0.800. The van der Waals surface area contributed by atoms with Crippen molar-refractivity contribution in [2.75, 3.05) is 27.3 Å². The third-order valence-electron chi connectivity index (χ3n) is 4.53. The Morgan fingerprint density at radius 1 is 1.25 bits per heavy atom. The fraction of sp³-hybridized carbons (Fsp3) is 0.471. The van der Waals surface area contributed by atoms with Crippen LogP contribution >= 0.6 is 0 Å². The summed E-state index contributed by atoms with van der Waals surface area (Å²) in [6.07, 6.45) is 3.06. The molecular formula is C17H21N3O4. The summed E-state index contributed by atoms with van der Waals surface area (Å²) in [7, 11) is 2.98. The molecule has 1 saturated heterocycles. The van der Waals surface area contributed by atoms with Crippen LogP contribution in [0.3, 0.4) is 0 Å². The summed E-state index contributed by atoms with van der Waals surface area (Å²) in [4.78, 5) is 30.8. The molecule has 0 atom stereocenters. The Hall–Kier alpha value is -2.57. The highest BCUT2D eigenvalue weighted by Gasteiger charge is 2.30. The Bertz CT molecular complexity index is 775. The number of methoxy groups -OCH3 is 2. The van der Waals surface area contributed by atoms with Crippen LogP contribution < -0.4 is 4.74 Å². The van der Waals surface area contributed by atoms with Crippen LogP contribution in [0, 0.1) is 12.8 Å². The molecule has 0 aliphatic carbocycles. The number of ether oxygens (including phenoxy) is 2. The number of hydrogen-bond acceptors (Lipinski definition) is 5. The fourth-order valence-electron chi connectivity index (χ4n) is 3.21. The SMILES string of the molecule is COC(=O)C1CCN(C(=O)c2c(C)nc3c(OC)cccn23)CC1. The smallest absolute Gasteiger partial charge is 0.308 e. The number of aryl methyl sites for hydroxylation is 1. The molecule has 0 aromatic carbocycles. The molecule has 1 aliphatic heterocycles. The lowest BCUT2D eigenvalue weighted by Crippen LogP contribution is -2.41. The average molecular weight is 331 g/mol. The molecule has 3 rings (SSSR count). The van der Waals surface area contributed by atoms with E-state index in [1.54, 1.807) is 16.4 Å². The van der Waals surface area contributed by atoms with Crippen molar-refractivity contribution < 1.29 is 19.1 Å². The average Bonchev–Trinajstić information content (AvgIpc) is 2.96. The molecular weight excluding hydrogens is 310 g/mol. The number of pyridine rings is 1. The minimum Gasteiger partial charge on any atom is -0.493 e. The highest BCUT2D eigenvalue weighted by molar-refractivity contribution is 5.95. The van der Waals surface area contributed by atoms with Gasteiger partial charge < -0.3 is 14.4 Å². The van der Waals surface area contributed by atoms with Crippen molar-refractivity contribution in [1.29, 1.82) is 0 Å². The fourth-order valence-corrected chi connectivity index (χ4v) is 3.21. The van der Waals surface area contributed by atoms with E-state index < -0.39 is 0 Å². The number of amides is 1. The number of esters is 1. The van der Waals surface area contributed by atoms with Crippen molar-refractivity contribution in [2.24, 2.45) is 5.92 Å². The zero-order valence-electron chi connectivity index (χ0n) is 14.1. The summed E-state index contributed by atoms with van der Waals surface area (Å²) >= 11 is 0. The normalized spacial score (nSPS) is 15.5. The number of fused-ring (bicyclic) bond motifs is 1. The predicted octanol–water partition coefficient (Wildman–Crippen LogP) is 1.68. The van der Waals surface area contributed by atoms with Crippen LogP contribution in [-0.4, -0.2) is 53.5 Å². The van der Waals surface area contributed by atoms with Crippen LogP contribution in [0.5, 0.6) is 5.75 Å². The van der Waals surface area contributed by atoms with Crippen molar-refractivity contribution >= 4 is 17.5 Å². The molecule has 1 aliphatic rings. The lowest BCUT2D eigenvalue weighted by atomic mass is 9.97. The summed E-state index contributed by atoms with van der Waals surface area (Å²) in [5.41, 5.74) is 1.84. The van der Waals surface area contributed by atoms with Crippen molar-refractivity contribution in [2.45, 2.75) is 19.8 Å². The van der Waals surface area contributed by atoms with Gasteiger partial charge in [-0.05, 0) is 31.9 Å². The minimum atomic E-state index is -0.196. The van der Waals surface area contributed by atoms with E-state index >= 15 is 0 Å². The second-order valence-corrected chi connectivity index (χ2v) is 5.91. The number of carbonyl (C=O) groups excluding carboxylic acids is 2. The van der Waals surface area contributed by atoms with E-state index in [9.17, 15) is 9.59 Å². The van der Waals surface area contributed by atoms with Crippen LogP contribution in [0.15, 0.2) is 18.3 Å². The van der Waals surface area contributed by atoms with E-state index in [0.29, 0.717) is 48.7 Å². The summed E-state index contributed by atoms with van der Waals surface area (Å²) in [5.74, 6) is 0.237.